The highest BCUT2D eigenvalue weighted by Crippen LogP contribution is 2.34. The molecule has 2 aromatic carbocycles. The van der Waals surface area contributed by atoms with Crippen molar-refractivity contribution in [2.75, 3.05) is 6.79 Å². The van der Waals surface area contributed by atoms with E-state index in [2.05, 4.69) is 14.7 Å². The smallest absolute Gasteiger partial charge is 0.283 e. The zero-order valence-electron chi connectivity index (χ0n) is 17.7. The Bertz CT molecular complexity index is 1440. The van der Waals surface area contributed by atoms with Gasteiger partial charge in [-0.1, -0.05) is 31.2 Å². The minimum absolute atomic E-state index is 0.0496. The minimum atomic E-state index is -0.418. The number of amidine groups is 2. The van der Waals surface area contributed by atoms with Gasteiger partial charge in [0.15, 0.2) is 17.3 Å². The Kier molecular flexibility index (Phi) is 4.58. The van der Waals surface area contributed by atoms with Gasteiger partial charge < -0.3 is 14.0 Å². The molecule has 0 atom stereocenters. The first kappa shape index (κ1) is 19.8. The number of para-hydroxylation sites is 1. The van der Waals surface area contributed by atoms with Gasteiger partial charge in [0.25, 0.3) is 5.91 Å². The first-order valence-electron chi connectivity index (χ1n) is 10.6. The molecular formula is C24H19N5O3S. The third-order valence-corrected chi connectivity index (χ3v) is 6.76. The van der Waals surface area contributed by atoms with Crippen molar-refractivity contribution in [1.82, 2.24) is 9.58 Å². The molecule has 0 saturated carbocycles. The summed E-state index contributed by atoms with van der Waals surface area (Å²) in [5, 5.41) is 16.7. The minimum Gasteiger partial charge on any atom is -0.454 e. The molecule has 1 N–H and O–H groups in total. The number of carbonyl (C=O) groups excluding carboxylic acids is 1. The highest BCUT2D eigenvalue weighted by molar-refractivity contribution is 8.26. The Morgan fingerprint density at radius 1 is 1.18 bits per heavy atom. The Balaban J connectivity index is 1.39. The summed E-state index contributed by atoms with van der Waals surface area (Å²) in [6, 6.07) is 13.9. The van der Waals surface area contributed by atoms with E-state index in [-0.39, 0.29) is 18.2 Å². The number of hydrogen-bond acceptors (Lipinski definition) is 6. The van der Waals surface area contributed by atoms with Crippen molar-refractivity contribution in [2.24, 2.45) is 10.1 Å². The van der Waals surface area contributed by atoms with Crippen LogP contribution in [0.25, 0.3) is 17.0 Å². The number of nitrogens with zero attached hydrogens (tertiary/aromatic N) is 4. The second-order valence-corrected chi connectivity index (χ2v) is 8.82. The molecule has 0 unspecified atom stereocenters. The average Bonchev–Trinajstić information content (AvgIpc) is 3.54. The van der Waals surface area contributed by atoms with E-state index in [1.54, 1.807) is 6.08 Å². The van der Waals surface area contributed by atoms with Crippen molar-refractivity contribution >= 4 is 50.7 Å². The third-order valence-electron chi connectivity index (χ3n) is 5.71. The maximum Gasteiger partial charge on any atom is 0.283 e. The molecule has 0 aliphatic carbocycles. The number of hydrogen-bond donors (Lipinski definition) is 1. The predicted octanol–water partition coefficient (Wildman–Crippen LogP) is 4.45. The SMILES string of the molecule is CCC1=NN2C(=N)/C(=C/c3cn(Cc4ccc5c(c4)OCO5)c4ccccc34)C(=O)N=C2S1. The Morgan fingerprint density at radius 3 is 2.91 bits per heavy atom. The maximum atomic E-state index is 12.8. The van der Waals surface area contributed by atoms with E-state index in [0.717, 1.165) is 45.0 Å². The van der Waals surface area contributed by atoms with Gasteiger partial charge in [0.1, 0.15) is 5.04 Å². The van der Waals surface area contributed by atoms with E-state index >= 15 is 0 Å². The fraction of sp³-hybridized carbons (Fsp3) is 0.167. The van der Waals surface area contributed by atoms with Crippen LogP contribution in [-0.2, 0) is 11.3 Å². The maximum absolute atomic E-state index is 12.8. The number of fused-ring (bicyclic) bond motifs is 3. The van der Waals surface area contributed by atoms with Gasteiger partial charge in [0, 0.05) is 29.2 Å². The summed E-state index contributed by atoms with van der Waals surface area (Å²) in [5.41, 5.74) is 3.19. The normalized spacial score (nSPS) is 18.2. The Hall–Kier alpha value is -3.85. The summed E-state index contributed by atoms with van der Waals surface area (Å²) in [5.74, 6) is 1.13. The summed E-state index contributed by atoms with van der Waals surface area (Å²) >= 11 is 1.34. The molecular weight excluding hydrogens is 438 g/mol. The zero-order valence-corrected chi connectivity index (χ0v) is 18.6. The van der Waals surface area contributed by atoms with Crippen LogP contribution in [0.5, 0.6) is 11.5 Å². The lowest BCUT2D eigenvalue weighted by molar-refractivity contribution is -0.114. The molecule has 33 heavy (non-hydrogen) atoms. The number of amides is 1. The fourth-order valence-corrected chi connectivity index (χ4v) is 4.91. The van der Waals surface area contributed by atoms with Crippen LogP contribution in [0.4, 0.5) is 0 Å². The predicted molar refractivity (Wildman–Crippen MR) is 129 cm³/mol. The van der Waals surface area contributed by atoms with Crippen molar-refractivity contribution in [2.45, 2.75) is 19.9 Å². The zero-order chi connectivity index (χ0) is 22.5. The molecule has 1 amide bonds. The van der Waals surface area contributed by atoms with Crippen LogP contribution < -0.4 is 9.47 Å². The molecule has 0 bridgehead atoms. The number of hydrazone groups is 1. The number of carbonyl (C=O) groups is 1. The molecule has 8 nitrogen and oxygen atoms in total. The van der Waals surface area contributed by atoms with Gasteiger partial charge in [-0.15, -0.1) is 0 Å². The number of ether oxygens (including phenoxy) is 2. The molecule has 6 rings (SSSR count). The lowest BCUT2D eigenvalue weighted by atomic mass is 10.1. The lowest BCUT2D eigenvalue weighted by Crippen LogP contribution is -2.35. The molecule has 164 valence electrons. The number of benzene rings is 2. The van der Waals surface area contributed by atoms with Crippen LogP contribution >= 0.6 is 11.8 Å². The van der Waals surface area contributed by atoms with Crippen LogP contribution in [-0.4, -0.2) is 38.3 Å². The molecule has 1 aromatic heterocycles. The third kappa shape index (κ3) is 3.32. The molecule has 4 heterocycles. The topological polar surface area (TPSA) is 92.3 Å². The van der Waals surface area contributed by atoms with Gasteiger partial charge in [-0.3, -0.25) is 10.2 Å². The quantitative estimate of drug-likeness (QED) is 0.585. The van der Waals surface area contributed by atoms with Crippen molar-refractivity contribution in [3.05, 3.63) is 65.4 Å². The number of rotatable bonds is 4. The van der Waals surface area contributed by atoms with Crippen LogP contribution in [0.3, 0.4) is 0 Å². The standard InChI is InChI=1S/C24H19N5O3S/c1-2-21-27-29-22(25)17(23(30)26-24(29)33-21)10-15-12-28(18-6-4-3-5-16(15)18)11-14-7-8-19-20(9-14)32-13-31-19/h3-10,12,25H,2,11,13H2,1H3/b17-10-,25-22?. The van der Waals surface area contributed by atoms with Gasteiger partial charge in [-0.05, 0) is 48.0 Å². The first-order chi connectivity index (χ1) is 16.1. The summed E-state index contributed by atoms with van der Waals surface area (Å²) in [7, 11) is 0. The van der Waals surface area contributed by atoms with Crippen molar-refractivity contribution in [1.29, 1.82) is 5.41 Å². The van der Waals surface area contributed by atoms with E-state index in [1.807, 2.05) is 55.6 Å². The van der Waals surface area contributed by atoms with Crippen LogP contribution in [0.2, 0.25) is 0 Å². The molecule has 3 aliphatic heterocycles. The molecule has 3 aliphatic rings. The Labute approximate surface area is 193 Å². The second kappa shape index (κ2) is 7.63. The van der Waals surface area contributed by atoms with Crippen molar-refractivity contribution < 1.29 is 14.3 Å². The average molecular weight is 458 g/mol. The summed E-state index contributed by atoms with van der Waals surface area (Å²) in [4.78, 5) is 16.9. The van der Waals surface area contributed by atoms with E-state index in [4.69, 9.17) is 14.9 Å². The number of aliphatic imine (C=N–C) groups is 1. The Morgan fingerprint density at radius 2 is 2.03 bits per heavy atom. The molecule has 9 heteroatoms. The van der Waals surface area contributed by atoms with Gasteiger partial charge in [0.05, 0.1) is 5.57 Å². The van der Waals surface area contributed by atoms with E-state index in [0.29, 0.717) is 11.7 Å². The molecule has 3 aromatic rings. The van der Waals surface area contributed by atoms with E-state index in [9.17, 15) is 4.79 Å². The van der Waals surface area contributed by atoms with Crippen LogP contribution in [0.1, 0.15) is 24.5 Å². The second-order valence-electron chi connectivity index (χ2n) is 7.78. The lowest BCUT2D eigenvalue weighted by Gasteiger charge is -2.20. The van der Waals surface area contributed by atoms with Gasteiger partial charge in [-0.2, -0.15) is 15.1 Å². The number of nitrogens with one attached hydrogen (secondary N) is 1. The molecule has 0 fully saturated rings. The van der Waals surface area contributed by atoms with Crippen LogP contribution in [0.15, 0.2) is 64.3 Å². The summed E-state index contributed by atoms with van der Waals surface area (Å²) in [6.07, 6.45) is 4.48. The number of aromatic nitrogens is 1. The first-order valence-corrected chi connectivity index (χ1v) is 11.4. The highest BCUT2D eigenvalue weighted by atomic mass is 32.2. The van der Waals surface area contributed by atoms with Crippen LogP contribution in [0, 0.1) is 5.41 Å². The summed E-state index contributed by atoms with van der Waals surface area (Å²) in [6.45, 7) is 2.86. The monoisotopic (exact) mass is 457 g/mol. The summed E-state index contributed by atoms with van der Waals surface area (Å²) < 4.78 is 13.1. The van der Waals surface area contributed by atoms with Gasteiger partial charge in [-0.25, -0.2) is 0 Å². The fourth-order valence-electron chi connectivity index (χ4n) is 4.09. The number of thioether (sulfide) groups is 1. The van der Waals surface area contributed by atoms with E-state index < -0.39 is 5.91 Å². The largest absolute Gasteiger partial charge is 0.454 e. The van der Waals surface area contributed by atoms with E-state index in [1.165, 1.54) is 16.8 Å². The molecule has 0 saturated heterocycles. The highest BCUT2D eigenvalue weighted by Gasteiger charge is 2.35. The molecule has 0 spiro atoms. The van der Waals surface area contributed by atoms with Gasteiger partial charge >= 0.3 is 0 Å². The van der Waals surface area contributed by atoms with Crippen molar-refractivity contribution in [3.63, 3.8) is 0 Å². The van der Waals surface area contributed by atoms with Gasteiger partial charge in [0.2, 0.25) is 12.0 Å². The molecule has 0 radical (unpaired) electrons. The van der Waals surface area contributed by atoms with Crippen molar-refractivity contribution in [3.8, 4) is 11.5 Å².